The molecule has 186 valence electrons. The highest BCUT2D eigenvalue weighted by molar-refractivity contribution is 8.02. The van der Waals surface area contributed by atoms with Crippen LogP contribution in [0.15, 0.2) is 12.7 Å². The summed E-state index contributed by atoms with van der Waals surface area (Å²) in [6, 6.07) is -1.17. The van der Waals surface area contributed by atoms with Gasteiger partial charge in [0.15, 0.2) is 0 Å². The number of ether oxygens (including phenoxy) is 1. The van der Waals surface area contributed by atoms with Crippen LogP contribution in [0, 0.1) is 17.8 Å². The van der Waals surface area contributed by atoms with Gasteiger partial charge in [-0.2, -0.15) is 0 Å². The van der Waals surface area contributed by atoms with Crippen molar-refractivity contribution in [3.63, 3.8) is 0 Å². The minimum atomic E-state index is -0.689. The summed E-state index contributed by atoms with van der Waals surface area (Å²) >= 11 is 1.64. The fourth-order valence-electron chi connectivity index (χ4n) is 6.03. The number of aliphatic hydroxyl groups excluding tert-OH is 1. The van der Waals surface area contributed by atoms with E-state index in [4.69, 9.17) is 4.74 Å². The summed E-state index contributed by atoms with van der Waals surface area (Å²) in [7, 11) is 0. The van der Waals surface area contributed by atoms with Crippen LogP contribution in [0.4, 0.5) is 0 Å². The fraction of sp³-hybridized carbons (Fsp3) is 0.800. The second-order valence-electron chi connectivity index (χ2n) is 9.83. The molecule has 3 aliphatic heterocycles. The highest BCUT2D eigenvalue weighted by Gasteiger charge is 2.74. The van der Waals surface area contributed by atoms with Crippen LogP contribution in [-0.2, 0) is 19.1 Å². The summed E-state index contributed by atoms with van der Waals surface area (Å²) in [4.78, 5) is 44.5. The van der Waals surface area contributed by atoms with Gasteiger partial charge >= 0.3 is 5.97 Å². The first-order valence-electron chi connectivity index (χ1n) is 12.5. The van der Waals surface area contributed by atoms with Gasteiger partial charge in [0.05, 0.1) is 35.8 Å². The standard InChI is InChI=1S/C25H40N2O5S/c1-6-9-10-14-26(13-7-2)23(30)21-25-12-11-18(33-25)19(24(31)32-8-3)20(25)22(29)27(21)17(15-28)16(4)5/h7,16-21,28H,2,6,8-15H2,1,3-5H3/t17-,18-,19+,20-,21?,25?/m0/s1. The Morgan fingerprint density at radius 3 is 2.67 bits per heavy atom. The third-order valence-electron chi connectivity index (χ3n) is 7.54. The van der Waals surface area contributed by atoms with E-state index in [0.29, 0.717) is 19.5 Å². The van der Waals surface area contributed by atoms with E-state index in [1.165, 1.54) is 0 Å². The molecule has 1 spiro atoms. The number of carbonyl (C=O) groups excluding carboxylic acids is 3. The van der Waals surface area contributed by atoms with Crippen LogP contribution in [0.3, 0.4) is 0 Å². The predicted molar refractivity (Wildman–Crippen MR) is 130 cm³/mol. The van der Waals surface area contributed by atoms with E-state index in [0.717, 1.165) is 25.7 Å². The van der Waals surface area contributed by atoms with Crippen molar-refractivity contribution in [3.05, 3.63) is 12.7 Å². The number of unbranched alkanes of at least 4 members (excludes halogenated alkanes) is 2. The molecule has 0 saturated carbocycles. The molecule has 2 unspecified atom stereocenters. The second-order valence-corrected chi connectivity index (χ2v) is 11.4. The van der Waals surface area contributed by atoms with Crippen LogP contribution in [0.25, 0.3) is 0 Å². The van der Waals surface area contributed by atoms with E-state index in [2.05, 4.69) is 13.5 Å². The molecule has 3 fully saturated rings. The van der Waals surface area contributed by atoms with Crippen LogP contribution in [0.1, 0.15) is 59.8 Å². The monoisotopic (exact) mass is 480 g/mol. The van der Waals surface area contributed by atoms with Crippen LogP contribution in [-0.4, -0.2) is 81.1 Å². The van der Waals surface area contributed by atoms with Gasteiger partial charge in [0.2, 0.25) is 11.8 Å². The number of aliphatic hydroxyl groups is 1. The number of esters is 1. The lowest BCUT2D eigenvalue weighted by atomic mass is 9.71. The Hall–Kier alpha value is -1.54. The first kappa shape index (κ1) is 26.1. The number of hydrogen-bond acceptors (Lipinski definition) is 6. The third kappa shape index (κ3) is 4.45. The van der Waals surface area contributed by atoms with Gasteiger partial charge in [-0.05, 0) is 32.1 Å². The Bertz CT molecular complexity index is 759. The topological polar surface area (TPSA) is 87.2 Å². The molecule has 0 aromatic heterocycles. The summed E-state index contributed by atoms with van der Waals surface area (Å²) in [6.45, 7) is 12.7. The number of fused-ring (bicyclic) bond motifs is 1. The molecular formula is C25H40N2O5S. The van der Waals surface area contributed by atoms with Gasteiger partial charge in [-0.25, -0.2) is 0 Å². The Kier molecular flexibility index (Phi) is 8.54. The molecule has 3 saturated heterocycles. The fourth-order valence-corrected chi connectivity index (χ4v) is 8.21. The van der Waals surface area contributed by atoms with Gasteiger partial charge in [0.1, 0.15) is 6.04 Å². The van der Waals surface area contributed by atoms with Crippen molar-refractivity contribution in [1.29, 1.82) is 0 Å². The molecule has 8 heteroatoms. The number of likely N-dealkylation sites (tertiary alicyclic amines) is 1. The Labute approximate surface area is 202 Å². The lowest BCUT2D eigenvalue weighted by Crippen LogP contribution is -2.58. The number of rotatable bonds is 12. The van der Waals surface area contributed by atoms with E-state index in [-0.39, 0.29) is 42.2 Å². The third-order valence-corrected chi connectivity index (χ3v) is 9.49. The number of amides is 2. The normalized spacial score (nSPS) is 31.1. The lowest BCUT2D eigenvalue weighted by Gasteiger charge is -2.40. The molecule has 6 atom stereocenters. The number of nitrogens with zero attached hydrogens (tertiary/aromatic N) is 2. The van der Waals surface area contributed by atoms with Gasteiger partial charge in [-0.3, -0.25) is 14.4 Å². The first-order chi connectivity index (χ1) is 15.8. The van der Waals surface area contributed by atoms with E-state index < -0.39 is 28.7 Å². The summed E-state index contributed by atoms with van der Waals surface area (Å²) in [5, 5.41) is 10.2. The molecule has 7 nitrogen and oxygen atoms in total. The Balaban J connectivity index is 2.04. The minimum absolute atomic E-state index is 0.00461. The number of thioether (sulfide) groups is 1. The Morgan fingerprint density at radius 1 is 1.36 bits per heavy atom. The highest BCUT2D eigenvalue weighted by atomic mass is 32.2. The highest BCUT2D eigenvalue weighted by Crippen LogP contribution is 2.67. The molecule has 0 aromatic rings. The summed E-state index contributed by atoms with van der Waals surface area (Å²) < 4.78 is 4.72. The largest absolute Gasteiger partial charge is 0.466 e. The molecule has 3 aliphatic rings. The summed E-state index contributed by atoms with van der Waals surface area (Å²) in [5.74, 6) is -1.74. The zero-order valence-electron chi connectivity index (χ0n) is 20.5. The number of carbonyl (C=O) groups is 3. The quantitative estimate of drug-likeness (QED) is 0.263. The van der Waals surface area contributed by atoms with Crippen molar-refractivity contribution in [1.82, 2.24) is 9.80 Å². The van der Waals surface area contributed by atoms with Gasteiger partial charge in [0.25, 0.3) is 0 Å². The average molecular weight is 481 g/mol. The molecule has 0 aromatic carbocycles. The van der Waals surface area contributed by atoms with Crippen LogP contribution in [0.2, 0.25) is 0 Å². The van der Waals surface area contributed by atoms with Crippen molar-refractivity contribution in [3.8, 4) is 0 Å². The summed E-state index contributed by atoms with van der Waals surface area (Å²) in [5.41, 5.74) is 0. The molecule has 0 aliphatic carbocycles. The van der Waals surface area contributed by atoms with E-state index in [9.17, 15) is 19.5 Å². The van der Waals surface area contributed by atoms with E-state index >= 15 is 0 Å². The SMILES string of the molecule is C=CCN(CCCCC)C(=O)C1N([C@@H](CO)C(C)C)C(=O)[C@@H]2[C@H](C(=O)OCC)[C@@H]3CCC12S3. The maximum absolute atomic E-state index is 14.1. The minimum Gasteiger partial charge on any atom is -0.466 e. The Morgan fingerprint density at radius 2 is 2.09 bits per heavy atom. The molecule has 2 bridgehead atoms. The predicted octanol–water partition coefficient (Wildman–Crippen LogP) is 2.86. The average Bonchev–Trinajstić information content (AvgIpc) is 3.41. The smallest absolute Gasteiger partial charge is 0.310 e. The van der Waals surface area contributed by atoms with Crippen LogP contribution in [0.5, 0.6) is 0 Å². The van der Waals surface area contributed by atoms with Gasteiger partial charge in [-0.15, -0.1) is 18.3 Å². The second kappa shape index (κ2) is 10.8. The molecular weight excluding hydrogens is 440 g/mol. The van der Waals surface area contributed by atoms with Crippen LogP contribution >= 0.6 is 11.8 Å². The van der Waals surface area contributed by atoms with E-state index in [1.807, 2.05) is 18.7 Å². The van der Waals surface area contributed by atoms with Gasteiger partial charge in [0, 0.05) is 18.3 Å². The molecule has 1 N–H and O–H groups in total. The number of hydrogen-bond donors (Lipinski definition) is 1. The van der Waals surface area contributed by atoms with Gasteiger partial charge in [-0.1, -0.05) is 39.7 Å². The first-order valence-corrected chi connectivity index (χ1v) is 13.3. The molecule has 3 rings (SSSR count). The maximum atomic E-state index is 14.1. The zero-order chi connectivity index (χ0) is 24.3. The molecule has 33 heavy (non-hydrogen) atoms. The van der Waals surface area contributed by atoms with Crippen molar-refractivity contribution >= 4 is 29.5 Å². The van der Waals surface area contributed by atoms with Gasteiger partial charge < -0.3 is 19.6 Å². The molecule has 2 amide bonds. The maximum Gasteiger partial charge on any atom is 0.310 e. The summed E-state index contributed by atoms with van der Waals surface area (Å²) in [6.07, 6.45) is 6.20. The van der Waals surface area contributed by atoms with Crippen molar-refractivity contribution in [2.45, 2.75) is 81.9 Å². The molecule has 0 radical (unpaired) electrons. The lowest BCUT2D eigenvalue weighted by molar-refractivity contribution is -0.154. The van der Waals surface area contributed by atoms with E-state index in [1.54, 1.807) is 29.7 Å². The molecule has 3 heterocycles. The zero-order valence-corrected chi connectivity index (χ0v) is 21.3. The van der Waals surface area contributed by atoms with Crippen molar-refractivity contribution < 1.29 is 24.2 Å². The van der Waals surface area contributed by atoms with Crippen molar-refractivity contribution in [2.24, 2.45) is 17.8 Å². The van der Waals surface area contributed by atoms with Crippen LogP contribution < -0.4 is 0 Å². The van der Waals surface area contributed by atoms with Crippen molar-refractivity contribution in [2.75, 3.05) is 26.3 Å².